The smallest absolute Gasteiger partial charge is 0.123 e. The molecule has 0 spiro atoms. The van der Waals surface area contributed by atoms with Crippen LogP contribution in [0.15, 0.2) is 35.4 Å². The molecule has 0 amide bonds. The Hall–Kier alpha value is -1.35. The van der Waals surface area contributed by atoms with Crippen LogP contribution in [0.4, 0.5) is 4.39 Å². The molecule has 92 valence electrons. The first-order valence-corrected chi connectivity index (χ1v) is 7.33. The highest BCUT2D eigenvalue weighted by Gasteiger charge is 2.17. The molecule has 0 saturated carbocycles. The zero-order valence-corrected chi connectivity index (χ0v) is 11.1. The maximum atomic E-state index is 12.9. The molecule has 1 aliphatic rings. The SMILES string of the molecule is CSc1nc(-c2ccc(F)cc2)cc2c1CCC2. The number of pyridine rings is 1. The third-order valence-electron chi connectivity index (χ3n) is 3.38. The molecule has 18 heavy (non-hydrogen) atoms. The average molecular weight is 259 g/mol. The van der Waals surface area contributed by atoms with Gasteiger partial charge in [0.15, 0.2) is 0 Å². The Kier molecular flexibility index (Phi) is 3.08. The third-order valence-corrected chi connectivity index (χ3v) is 4.11. The molecule has 0 bridgehead atoms. The predicted molar refractivity (Wildman–Crippen MR) is 73.4 cm³/mol. The van der Waals surface area contributed by atoms with Crippen LogP contribution in [0, 0.1) is 5.82 Å². The minimum atomic E-state index is -0.204. The number of aryl methyl sites for hydroxylation is 1. The van der Waals surface area contributed by atoms with E-state index in [2.05, 4.69) is 12.3 Å². The van der Waals surface area contributed by atoms with Crippen molar-refractivity contribution in [1.29, 1.82) is 0 Å². The molecule has 3 heteroatoms. The summed E-state index contributed by atoms with van der Waals surface area (Å²) in [5.41, 5.74) is 4.77. The summed E-state index contributed by atoms with van der Waals surface area (Å²) in [7, 11) is 0. The molecule has 1 aromatic carbocycles. The van der Waals surface area contributed by atoms with Crippen molar-refractivity contribution in [2.45, 2.75) is 24.3 Å². The van der Waals surface area contributed by atoms with Gasteiger partial charge in [-0.15, -0.1) is 11.8 Å². The Morgan fingerprint density at radius 2 is 1.94 bits per heavy atom. The molecule has 1 heterocycles. The van der Waals surface area contributed by atoms with Gasteiger partial charge in [-0.05, 0) is 67.0 Å². The number of hydrogen-bond donors (Lipinski definition) is 0. The molecular weight excluding hydrogens is 245 g/mol. The highest BCUT2D eigenvalue weighted by Crippen LogP contribution is 2.32. The highest BCUT2D eigenvalue weighted by atomic mass is 32.2. The molecule has 0 aliphatic heterocycles. The number of rotatable bonds is 2. The van der Waals surface area contributed by atoms with Crippen LogP contribution in [0.3, 0.4) is 0 Å². The monoisotopic (exact) mass is 259 g/mol. The second kappa shape index (κ2) is 4.73. The van der Waals surface area contributed by atoms with E-state index in [4.69, 9.17) is 4.98 Å². The van der Waals surface area contributed by atoms with Gasteiger partial charge >= 0.3 is 0 Å². The zero-order chi connectivity index (χ0) is 12.5. The molecule has 0 radical (unpaired) electrons. The first-order valence-electron chi connectivity index (χ1n) is 6.10. The first-order chi connectivity index (χ1) is 8.78. The quantitative estimate of drug-likeness (QED) is 0.753. The number of fused-ring (bicyclic) bond motifs is 1. The zero-order valence-electron chi connectivity index (χ0n) is 10.2. The van der Waals surface area contributed by atoms with Crippen molar-refractivity contribution in [3.8, 4) is 11.3 Å². The largest absolute Gasteiger partial charge is 0.241 e. The topological polar surface area (TPSA) is 12.9 Å². The number of benzene rings is 1. The lowest BCUT2D eigenvalue weighted by Crippen LogP contribution is -1.94. The van der Waals surface area contributed by atoms with E-state index in [0.717, 1.165) is 29.1 Å². The third kappa shape index (κ3) is 2.03. The van der Waals surface area contributed by atoms with Crippen molar-refractivity contribution >= 4 is 11.8 Å². The number of halogens is 1. The maximum Gasteiger partial charge on any atom is 0.123 e. The molecule has 2 aromatic rings. The van der Waals surface area contributed by atoms with Gasteiger partial charge in [-0.1, -0.05) is 0 Å². The Balaban J connectivity index is 2.10. The van der Waals surface area contributed by atoms with Gasteiger partial charge in [-0.3, -0.25) is 0 Å². The van der Waals surface area contributed by atoms with E-state index in [1.54, 1.807) is 23.9 Å². The summed E-state index contributed by atoms with van der Waals surface area (Å²) in [4.78, 5) is 4.70. The van der Waals surface area contributed by atoms with Gasteiger partial charge < -0.3 is 0 Å². The Bertz CT molecular complexity index is 578. The summed E-state index contributed by atoms with van der Waals surface area (Å²) < 4.78 is 12.9. The number of nitrogens with zero attached hydrogens (tertiary/aromatic N) is 1. The summed E-state index contributed by atoms with van der Waals surface area (Å²) in [6.45, 7) is 0. The Morgan fingerprint density at radius 3 is 2.67 bits per heavy atom. The van der Waals surface area contributed by atoms with E-state index in [9.17, 15) is 4.39 Å². The van der Waals surface area contributed by atoms with Crippen molar-refractivity contribution in [1.82, 2.24) is 4.98 Å². The van der Waals surface area contributed by atoms with Crippen molar-refractivity contribution in [2.24, 2.45) is 0 Å². The molecule has 0 fully saturated rings. The predicted octanol–water partition coefficient (Wildman–Crippen LogP) is 4.10. The molecule has 0 saturated heterocycles. The molecular formula is C15H14FNS. The van der Waals surface area contributed by atoms with Crippen LogP contribution in [0.25, 0.3) is 11.3 Å². The summed E-state index contributed by atoms with van der Waals surface area (Å²) in [6, 6.07) is 8.73. The first kappa shape index (κ1) is 11.7. The van der Waals surface area contributed by atoms with E-state index in [1.165, 1.54) is 29.7 Å². The van der Waals surface area contributed by atoms with Gasteiger partial charge in [0.05, 0.1) is 10.7 Å². The Morgan fingerprint density at radius 1 is 1.17 bits per heavy atom. The number of thioether (sulfide) groups is 1. The van der Waals surface area contributed by atoms with Crippen LogP contribution >= 0.6 is 11.8 Å². The summed E-state index contributed by atoms with van der Waals surface area (Å²) >= 11 is 1.70. The summed E-state index contributed by atoms with van der Waals surface area (Å²) in [6.07, 6.45) is 5.56. The average Bonchev–Trinajstić information content (AvgIpc) is 2.86. The molecule has 0 atom stereocenters. The van der Waals surface area contributed by atoms with Crippen LogP contribution in [0.1, 0.15) is 17.5 Å². The van der Waals surface area contributed by atoms with Crippen molar-refractivity contribution < 1.29 is 4.39 Å². The van der Waals surface area contributed by atoms with Gasteiger partial charge in [0.2, 0.25) is 0 Å². The van der Waals surface area contributed by atoms with Gasteiger partial charge in [-0.25, -0.2) is 9.37 Å². The number of hydrogen-bond acceptors (Lipinski definition) is 2. The van der Waals surface area contributed by atoms with Crippen molar-refractivity contribution in [3.05, 3.63) is 47.3 Å². The molecule has 1 aromatic heterocycles. The minimum Gasteiger partial charge on any atom is -0.241 e. The number of aromatic nitrogens is 1. The Labute approximate surface area is 110 Å². The molecule has 3 rings (SSSR count). The van der Waals surface area contributed by atoms with E-state index in [0.29, 0.717) is 0 Å². The normalized spacial score (nSPS) is 13.7. The second-order valence-corrected chi connectivity index (χ2v) is 5.31. The maximum absolute atomic E-state index is 12.9. The lowest BCUT2D eigenvalue weighted by Gasteiger charge is -2.09. The van der Waals surface area contributed by atoms with Gasteiger partial charge in [0, 0.05) is 5.56 Å². The van der Waals surface area contributed by atoms with Gasteiger partial charge in [-0.2, -0.15) is 0 Å². The fourth-order valence-corrected chi connectivity index (χ4v) is 3.15. The van der Waals surface area contributed by atoms with E-state index < -0.39 is 0 Å². The lowest BCUT2D eigenvalue weighted by molar-refractivity contribution is 0.628. The van der Waals surface area contributed by atoms with E-state index in [-0.39, 0.29) is 5.82 Å². The van der Waals surface area contributed by atoms with E-state index in [1.807, 2.05) is 0 Å². The summed E-state index contributed by atoms with van der Waals surface area (Å²) in [5.74, 6) is -0.204. The van der Waals surface area contributed by atoms with Gasteiger partial charge in [0.25, 0.3) is 0 Å². The molecule has 1 aliphatic carbocycles. The van der Waals surface area contributed by atoms with Crippen LogP contribution in [0.5, 0.6) is 0 Å². The fraction of sp³-hybridized carbons (Fsp3) is 0.267. The van der Waals surface area contributed by atoms with Crippen molar-refractivity contribution in [2.75, 3.05) is 6.26 Å². The second-order valence-electron chi connectivity index (χ2n) is 4.51. The van der Waals surface area contributed by atoms with Crippen molar-refractivity contribution in [3.63, 3.8) is 0 Å². The molecule has 1 nitrogen and oxygen atoms in total. The summed E-state index contributed by atoms with van der Waals surface area (Å²) in [5, 5.41) is 1.13. The van der Waals surface area contributed by atoms with E-state index >= 15 is 0 Å². The lowest BCUT2D eigenvalue weighted by atomic mass is 10.1. The van der Waals surface area contributed by atoms with Crippen LogP contribution in [-0.2, 0) is 12.8 Å². The standard InChI is InChI=1S/C15H14FNS/c1-18-15-13-4-2-3-11(13)9-14(17-15)10-5-7-12(16)8-6-10/h5-9H,2-4H2,1H3. The fourth-order valence-electron chi connectivity index (χ4n) is 2.48. The minimum absolute atomic E-state index is 0.204. The van der Waals surface area contributed by atoms with Crippen LogP contribution < -0.4 is 0 Å². The van der Waals surface area contributed by atoms with Crippen LogP contribution in [-0.4, -0.2) is 11.2 Å². The van der Waals surface area contributed by atoms with Gasteiger partial charge in [0.1, 0.15) is 5.82 Å². The molecule has 0 N–H and O–H groups in total. The molecule has 0 unspecified atom stereocenters. The highest BCUT2D eigenvalue weighted by molar-refractivity contribution is 7.98. The van der Waals surface area contributed by atoms with Crippen LogP contribution in [0.2, 0.25) is 0 Å².